The van der Waals surface area contributed by atoms with Gasteiger partial charge in [0.1, 0.15) is 5.82 Å². The molecule has 26 heavy (non-hydrogen) atoms. The summed E-state index contributed by atoms with van der Waals surface area (Å²) in [7, 11) is 0. The van der Waals surface area contributed by atoms with E-state index in [9.17, 15) is 4.39 Å². The van der Waals surface area contributed by atoms with Crippen molar-refractivity contribution in [2.75, 3.05) is 31.2 Å². The molecule has 2 aromatic rings. The summed E-state index contributed by atoms with van der Waals surface area (Å²) in [6.45, 7) is 5.42. The molecule has 2 aliphatic heterocycles. The van der Waals surface area contributed by atoms with Crippen molar-refractivity contribution in [3.63, 3.8) is 0 Å². The SMILES string of the molecule is Cc1cc(N2CCC(OCC3CCCCO3)CC2)c2cc(F)ccc2n1. The van der Waals surface area contributed by atoms with E-state index in [1.165, 1.54) is 18.9 Å². The van der Waals surface area contributed by atoms with Crippen molar-refractivity contribution in [1.82, 2.24) is 4.98 Å². The first-order valence-corrected chi connectivity index (χ1v) is 9.74. The maximum atomic E-state index is 13.7. The van der Waals surface area contributed by atoms with Gasteiger partial charge in [-0.25, -0.2) is 4.39 Å². The van der Waals surface area contributed by atoms with Crippen LogP contribution < -0.4 is 4.90 Å². The number of hydrogen-bond acceptors (Lipinski definition) is 4. The highest BCUT2D eigenvalue weighted by Crippen LogP contribution is 2.30. The molecule has 0 radical (unpaired) electrons. The van der Waals surface area contributed by atoms with Gasteiger partial charge in [-0.1, -0.05) is 0 Å². The quantitative estimate of drug-likeness (QED) is 0.819. The fraction of sp³-hybridized carbons (Fsp3) is 0.571. The van der Waals surface area contributed by atoms with Crippen LogP contribution in [0.3, 0.4) is 0 Å². The number of rotatable bonds is 4. The van der Waals surface area contributed by atoms with Gasteiger partial charge >= 0.3 is 0 Å². The van der Waals surface area contributed by atoms with Crippen LogP contribution in [-0.2, 0) is 9.47 Å². The lowest BCUT2D eigenvalue weighted by atomic mass is 10.0. The van der Waals surface area contributed by atoms with Crippen LogP contribution in [0.2, 0.25) is 0 Å². The molecule has 0 saturated carbocycles. The van der Waals surface area contributed by atoms with E-state index in [2.05, 4.69) is 16.0 Å². The molecule has 4 nitrogen and oxygen atoms in total. The van der Waals surface area contributed by atoms with E-state index in [1.54, 1.807) is 12.1 Å². The Morgan fingerprint density at radius 1 is 1.19 bits per heavy atom. The minimum atomic E-state index is -0.213. The molecular weight excluding hydrogens is 331 g/mol. The van der Waals surface area contributed by atoms with Crippen molar-refractivity contribution >= 4 is 16.6 Å². The third-order valence-electron chi connectivity index (χ3n) is 5.45. The van der Waals surface area contributed by atoms with Crippen molar-refractivity contribution in [1.29, 1.82) is 0 Å². The molecule has 1 aromatic carbocycles. The normalized spacial score (nSPS) is 22.1. The second-order valence-corrected chi connectivity index (χ2v) is 7.45. The van der Waals surface area contributed by atoms with Crippen molar-refractivity contribution in [3.05, 3.63) is 35.8 Å². The standard InChI is InChI=1S/C21H27FN2O2/c1-15-12-21(19-13-16(22)5-6-20(19)23-15)24-9-7-17(8-10-24)26-14-18-4-2-3-11-25-18/h5-6,12-13,17-18H,2-4,7-11,14H2,1H3. The monoisotopic (exact) mass is 358 g/mol. The van der Waals surface area contributed by atoms with Gasteiger partial charge in [0.2, 0.25) is 0 Å². The van der Waals surface area contributed by atoms with Crippen LogP contribution in [0.25, 0.3) is 10.9 Å². The molecule has 140 valence electrons. The van der Waals surface area contributed by atoms with E-state index in [-0.39, 0.29) is 11.9 Å². The molecule has 2 aliphatic rings. The van der Waals surface area contributed by atoms with Crippen molar-refractivity contribution in [2.45, 2.75) is 51.2 Å². The highest BCUT2D eigenvalue weighted by molar-refractivity contribution is 5.92. The van der Waals surface area contributed by atoms with Crippen molar-refractivity contribution < 1.29 is 13.9 Å². The lowest BCUT2D eigenvalue weighted by molar-refractivity contribution is -0.0672. The molecule has 3 heterocycles. The van der Waals surface area contributed by atoms with Gasteiger partial charge in [0, 0.05) is 36.5 Å². The fourth-order valence-electron chi connectivity index (χ4n) is 4.02. The topological polar surface area (TPSA) is 34.6 Å². The molecule has 1 atom stereocenters. The van der Waals surface area contributed by atoms with Crippen molar-refractivity contribution in [2.24, 2.45) is 0 Å². The summed E-state index contributed by atoms with van der Waals surface area (Å²) in [5.74, 6) is -0.213. The van der Waals surface area contributed by atoms with Crippen LogP contribution in [0.4, 0.5) is 10.1 Å². The number of aryl methyl sites for hydroxylation is 1. The Morgan fingerprint density at radius 3 is 2.81 bits per heavy atom. The predicted octanol–water partition coefficient (Wildman–Crippen LogP) is 4.24. The summed E-state index contributed by atoms with van der Waals surface area (Å²) < 4.78 is 25.6. The molecule has 1 unspecified atom stereocenters. The van der Waals surface area contributed by atoms with Crippen LogP contribution in [0.15, 0.2) is 24.3 Å². The van der Waals surface area contributed by atoms with Crippen LogP contribution in [-0.4, -0.2) is 43.5 Å². The number of anilines is 1. The third-order valence-corrected chi connectivity index (χ3v) is 5.45. The zero-order valence-electron chi connectivity index (χ0n) is 15.4. The van der Waals surface area contributed by atoms with Gasteiger partial charge in [-0.3, -0.25) is 4.98 Å². The van der Waals surface area contributed by atoms with E-state index in [0.29, 0.717) is 12.7 Å². The lowest BCUT2D eigenvalue weighted by Gasteiger charge is -2.35. The number of hydrogen-bond donors (Lipinski definition) is 0. The van der Waals surface area contributed by atoms with E-state index >= 15 is 0 Å². The summed E-state index contributed by atoms with van der Waals surface area (Å²) in [6.07, 6.45) is 6.09. The predicted molar refractivity (Wildman–Crippen MR) is 101 cm³/mol. The number of ether oxygens (including phenoxy) is 2. The molecular formula is C21H27FN2O2. The smallest absolute Gasteiger partial charge is 0.124 e. The first kappa shape index (κ1) is 17.7. The first-order chi connectivity index (χ1) is 12.7. The van der Waals surface area contributed by atoms with Gasteiger partial charge in [0.15, 0.2) is 0 Å². The first-order valence-electron chi connectivity index (χ1n) is 9.74. The molecule has 0 spiro atoms. The van der Waals surface area contributed by atoms with Crippen LogP contribution >= 0.6 is 0 Å². The molecule has 0 amide bonds. The summed E-state index contributed by atoms with van der Waals surface area (Å²) in [4.78, 5) is 6.88. The molecule has 4 rings (SSSR count). The lowest BCUT2D eigenvalue weighted by Crippen LogP contribution is -2.38. The molecule has 0 N–H and O–H groups in total. The average Bonchev–Trinajstić information content (AvgIpc) is 2.67. The molecule has 0 bridgehead atoms. The molecule has 2 fully saturated rings. The van der Waals surface area contributed by atoms with Gasteiger partial charge in [-0.2, -0.15) is 0 Å². The number of benzene rings is 1. The van der Waals surface area contributed by atoms with Gasteiger partial charge in [0.05, 0.1) is 24.3 Å². The highest BCUT2D eigenvalue weighted by atomic mass is 19.1. The van der Waals surface area contributed by atoms with Gasteiger partial charge in [-0.15, -0.1) is 0 Å². The van der Waals surface area contributed by atoms with E-state index in [0.717, 1.165) is 61.2 Å². The van der Waals surface area contributed by atoms with E-state index < -0.39 is 0 Å². The second kappa shape index (κ2) is 7.89. The van der Waals surface area contributed by atoms with Crippen LogP contribution in [0.1, 0.15) is 37.8 Å². The largest absolute Gasteiger partial charge is 0.376 e. The Balaban J connectivity index is 1.40. The number of pyridine rings is 1. The Hall–Kier alpha value is -1.72. The minimum absolute atomic E-state index is 0.213. The number of fused-ring (bicyclic) bond motifs is 1. The molecule has 1 aromatic heterocycles. The summed E-state index contributed by atoms with van der Waals surface area (Å²) in [5.41, 5.74) is 2.90. The minimum Gasteiger partial charge on any atom is -0.376 e. The summed E-state index contributed by atoms with van der Waals surface area (Å²) in [5, 5.41) is 0.894. The Labute approximate surface area is 154 Å². The Bertz CT molecular complexity index is 753. The van der Waals surface area contributed by atoms with E-state index in [1.807, 2.05) is 6.92 Å². The van der Waals surface area contributed by atoms with Crippen LogP contribution in [0, 0.1) is 12.7 Å². The highest BCUT2D eigenvalue weighted by Gasteiger charge is 2.23. The van der Waals surface area contributed by atoms with E-state index in [4.69, 9.17) is 9.47 Å². The molecule has 0 aliphatic carbocycles. The fourth-order valence-corrected chi connectivity index (χ4v) is 4.02. The summed E-state index contributed by atoms with van der Waals surface area (Å²) in [6, 6.07) is 6.91. The number of piperidine rings is 1. The maximum absolute atomic E-state index is 13.7. The molecule has 2 saturated heterocycles. The zero-order chi connectivity index (χ0) is 17.9. The Morgan fingerprint density at radius 2 is 2.04 bits per heavy atom. The maximum Gasteiger partial charge on any atom is 0.124 e. The number of aromatic nitrogens is 1. The number of nitrogens with zero attached hydrogens (tertiary/aromatic N) is 2. The second-order valence-electron chi connectivity index (χ2n) is 7.45. The molecule has 5 heteroatoms. The zero-order valence-corrected chi connectivity index (χ0v) is 15.4. The van der Waals surface area contributed by atoms with Gasteiger partial charge in [0.25, 0.3) is 0 Å². The van der Waals surface area contributed by atoms with Crippen molar-refractivity contribution in [3.8, 4) is 0 Å². The Kier molecular flexibility index (Phi) is 5.36. The summed E-state index contributed by atoms with van der Waals surface area (Å²) >= 11 is 0. The number of halogens is 1. The third kappa shape index (κ3) is 3.99. The van der Waals surface area contributed by atoms with Gasteiger partial charge < -0.3 is 14.4 Å². The average molecular weight is 358 g/mol. The van der Waals surface area contributed by atoms with Gasteiger partial charge in [-0.05, 0) is 63.3 Å². The van der Waals surface area contributed by atoms with Crippen LogP contribution in [0.5, 0.6) is 0 Å².